The van der Waals surface area contributed by atoms with Crippen molar-refractivity contribution in [1.82, 2.24) is 19.6 Å². The van der Waals surface area contributed by atoms with Gasteiger partial charge in [0.2, 0.25) is 5.82 Å². The molecule has 0 radical (unpaired) electrons. The van der Waals surface area contributed by atoms with Gasteiger partial charge in [0.25, 0.3) is 21.7 Å². The fourth-order valence-corrected chi connectivity index (χ4v) is 4.67. The highest BCUT2D eigenvalue weighted by molar-refractivity contribution is 7.92. The van der Waals surface area contributed by atoms with Crippen LogP contribution < -0.4 is 14.8 Å². The second-order valence-corrected chi connectivity index (χ2v) is 9.15. The number of anilines is 2. The number of carbonyl (C=O) groups excluding carboxylic acids is 1. The van der Waals surface area contributed by atoms with E-state index in [9.17, 15) is 13.2 Å². The zero-order valence-corrected chi connectivity index (χ0v) is 19.4. The van der Waals surface area contributed by atoms with Crippen molar-refractivity contribution in [2.75, 3.05) is 17.1 Å². The number of aromatic nitrogens is 4. The number of nitrogens with one attached hydrogen (secondary N) is 2. The summed E-state index contributed by atoms with van der Waals surface area (Å²) in [6, 6.07) is 12.5. The molecule has 0 spiro atoms. The Morgan fingerprint density at radius 1 is 1.09 bits per heavy atom. The van der Waals surface area contributed by atoms with E-state index in [0.717, 1.165) is 11.4 Å². The molecule has 4 aromatic rings. The van der Waals surface area contributed by atoms with Crippen LogP contribution in [0.2, 0.25) is 5.02 Å². The van der Waals surface area contributed by atoms with E-state index < -0.39 is 15.9 Å². The van der Waals surface area contributed by atoms with E-state index >= 15 is 0 Å². The lowest BCUT2D eigenvalue weighted by Gasteiger charge is -2.14. The van der Waals surface area contributed by atoms with E-state index in [1.54, 1.807) is 18.2 Å². The maximum absolute atomic E-state index is 13.0. The molecule has 0 aliphatic heterocycles. The number of sulfonamides is 1. The summed E-state index contributed by atoms with van der Waals surface area (Å²) in [5.74, 6) is -0.343. The Hall–Kier alpha value is -3.70. The van der Waals surface area contributed by atoms with Gasteiger partial charge in [-0.1, -0.05) is 23.7 Å². The third-order valence-corrected chi connectivity index (χ3v) is 6.37. The Bertz CT molecular complexity index is 1490. The SMILES string of the molecule is COc1ccc(NC(=O)c2nc3nc(C)cc(C)n3n2)cc1S(=O)(=O)Nc1ccccc1Cl. The first-order valence-corrected chi connectivity index (χ1v) is 11.5. The molecule has 1 amide bonds. The fraction of sp³-hybridized carbons (Fsp3) is 0.143. The lowest BCUT2D eigenvalue weighted by atomic mass is 10.3. The smallest absolute Gasteiger partial charge is 0.295 e. The van der Waals surface area contributed by atoms with Crippen LogP contribution in [0.15, 0.2) is 53.4 Å². The molecule has 170 valence electrons. The third-order valence-electron chi connectivity index (χ3n) is 4.65. The van der Waals surface area contributed by atoms with Gasteiger partial charge in [0, 0.05) is 17.1 Å². The van der Waals surface area contributed by atoms with Crippen LogP contribution in [0.25, 0.3) is 5.78 Å². The molecule has 0 fully saturated rings. The normalized spacial score (nSPS) is 11.4. The maximum atomic E-state index is 13.0. The van der Waals surface area contributed by atoms with E-state index in [4.69, 9.17) is 16.3 Å². The molecule has 0 atom stereocenters. The van der Waals surface area contributed by atoms with Crippen molar-refractivity contribution >= 4 is 44.7 Å². The van der Waals surface area contributed by atoms with Gasteiger partial charge in [0.05, 0.1) is 17.8 Å². The summed E-state index contributed by atoms with van der Waals surface area (Å²) in [6.45, 7) is 3.64. The van der Waals surface area contributed by atoms with E-state index in [2.05, 4.69) is 25.1 Å². The maximum Gasteiger partial charge on any atom is 0.295 e. The average Bonchev–Trinajstić information content (AvgIpc) is 3.20. The second-order valence-electron chi connectivity index (χ2n) is 7.09. The van der Waals surface area contributed by atoms with Gasteiger partial charge in [-0.3, -0.25) is 9.52 Å². The number of carbonyl (C=O) groups is 1. The molecule has 0 saturated heterocycles. The largest absolute Gasteiger partial charge is 0.495 e. The van der Waals surface area contributed by atoms with Crippen LogP contribution in [-0.4, -0.2) is 41.0 Å². The Morgan fingerprint density at radius 2 is 1.85 bits per heavy atom. The first-order valence-electron chi connectivity index (χ1n) is 9.66. The van der Waals surface area contributed by atoms with Crippen LogP contribution in [0.4, 0.5) is 11.4 Å². The van der Waals surface area contributed by atoms with Crippen LogP contribution in [-0.2, 0) is 10.0 Å². The lowest BCUT2D eigenvalue weighted by Crippen LogP contribution is -2.17. The molecule has 0 aliphatic rings. The van der Waals surface area contributed by atoms with Gasteiger partial charge in [-0.15, -0.1) is 5.10 Å². The number of para-hydroxylation sites is 1. The van der Waals surface area contributed by atoms with E-state index in [1.165, 1.54) is 35.9 Å². The Kier molecular flexibility index (Phi) is 5.91. The zero-order valence-electron chi connectivity index (χ0n) is 17.8. The predicted molar refractivity (Wildman–Crippen MR) is 123 cm³/mol. The summed E-state index contributed by atoms with van der Waals surface area (Å²) in [7, 11) is -2.74. The molecular weight excluding hydrogens is 468 g/mol. The van der Waals surface area contributed by atoms with Crippen molar-refractivity contribution in [1.29, 1.82) is 0 Å². The molecule has 2 N–H and O–H groups in total. The number of methoxy groups -OCH3 is 1. The van der Waals surface area contributed by atoms with Gasteiger partial charge >= 0.3 is 0 Å². The molecule has 2 aromatic carbocycles. The van der Waals surface area contributed by atoms with Crippen molar-refractivity contribution < 1.29 is 17.9 Å². The standard InChI is InChI=1S/C21H19ClN6O4S/c1-12-10-13(2)28-21(23-12)25-19(26-28)20(29)24-14-8-9-17(32-3)18(11-14)33(30,31)27-16-7-5-4-6-15(16)22/h4-11,27H,1-3H3,(H,24,29). The molecule has 0 unspecified atom stereocenters. The molecular formula is C21H19ClN6O4S. The van der Waals surface area contributed by atoms with E-state index in [1.807, 2.05) is 19.9 Å². The quantitative estimate of drug-likeness (QED) is 0.427. The number of nitrogens with zero attached hydrogens (tertiary/aromatic N) is 4. The molecule has 0 bridgehead atoms. The number of hydrogen-bond acceptors (Lipinski definition) is 7. The number of amides is 1. The minimum absolute atomic E-state index is 0.0914. The van der Waals surface area contributed by atoms with E-state index in [0.29, 0.717) is 5.78 Å². The zero-order chi connectivity index (χ0) is 23.8. The number of halogens is 1. The molecule has 2 heterocycles. The number of aryl methyl sites for hydroxylation is 2. The number of benzene rings is 2. The highest BCUT2D eigenvalue weighted by Crippen LogP contribution is 2.31. The highest BCUT2D eigenvalue weighted by atomic mass is 35.5. The summed E-state index contributed by atoms with van der Waals surface area (Å²) in [5, 5.41) is 7.03. The second kappa shape index (κ2) is 8.68. The topological polar surface area (TPSA) is 128 Å². The van der Waals surface area contributed by atoms with Crippen molar-refractivity contribution in [2.45, 2.75) is 18.7 Å². The molecule has 10 nitrogen and oxygen atoms in total. The Labute approximate surface area is 194 Å². The highest BCUT2D eigenvalue weighted by Gasteiger charge is 2.23. The van der Waals surface area contributed by atoms with Gasteiger partial charge in [-0.05, 0) is 50.2 Å². The number of hydrogen-bond donors (Lipinski definition) is 2. The van der Waals surface area contributed by atoms with Crippen molar-refractivity contribution in [2.24, 2.45) is 0 Å². The lowest BCUT2D eigenvalue weighted by molar-refractivity contribution is 0.101. The molecule has 4 rings (SSSR count). The van der Waals surface area contributed by atoms with Crippen molar-refractivity contribution in [3.8, 4) is 5.75 Å². The summed E-state index contributed by atoms with van der Waals surface area (Å²) in [5.41, 5.74) is 1.94. The summed E-state index contributed by atoms with van der Waals surface area (Å²) in [6.07, 6.45) is 0. The van der Waals surface area contributed by atoms with Crippen LogP contribution >= 0.6 is 11.6 Å². The first-order chi connectivity index (χ1) is 15.7. The first kappa shape index (κ1) is 22.5. The van der Waals surface area contributed by atoms with Gasteiger partial charge < -0.3 is 10.1 Å². The summed E-state index contributed by atoms with van der Waals surface area (Å²) in [4.78, 5) is 21.0. The van der Waals surface area contributed by atoms with Crippen LogP contribution in [0, 0.1) is 13.8 Å². The minimum Gasteiger partial charge on any atom is -0.495 e. The molecule has 0 aliphatic carbocycles. The van der Waals surface area contributed by atoms with Crippen LogP contribution in [0.3, 0.4) is 0 Å². The molecule has 0 saturated carbocycles. The van der Waals surface area contributed by atoms with Gasteiger partial charge in [-0.25, -0.2) is 17.9 Å². The Balaban J connectivity index is 1.65. The summed E-state index contributed by atoms with van der Waals surface area (Å²) >= 11 is 6.08. The number of rotatable bonds is 6. The molecule has 2 aromatic heterocycles. The van der Waals surface area contributed by atoms with E-state index in [-0.39, 0.29) is 32.9 Å². The monoisotopic (exact) mass is 486 g/mol. The third kappa shape index (κ3) is 4.59. The predicted octanol–water partition coefficient (Wildman–Crippen LogP) is 3.46. The van der Waals surface area contributed by atoms with Crippen LogP contribution in [0.1, 0.15) is 22.0 Å². The van der Waals surface area contributed by atoms with Crippen molar-refractivity contribution in [3.05, 3.63) is 70.8 Å². The van der Waals surface area contributed by atoms with Gasteiger partial charge in [0.15, 0.2) is 0 Å². The molecule has 33 heavy (non-hydrogen) atoms. The fourth-order valence-electron chi connectivity index (χ4n) is 3.16. The van der Waals surface area contributed by atoms with Gasteiger partial charge in [0.1, 0.15) is 10.6 Å². The summed E-state index contributed by atoms with van der Waals surface area (Å²) < 4.78 is 35.2. The minimum atomic E-state index is -4.09. The average molecular weight is 487 g/mol. The number of ether oxygens (including phenoxy) is 1. The van der Waals surface area contributed by atoms with Gasteiger partial charge in [-0.2, -0.15) is 4.98 Å². The van der Waals surface area contributed by atoms with Crippen molar-refractivity contribution in [3.63, 3.8) is 0 Å². The molecule has 12 heteroatoms. The Morgan fingerprint density at radius 3 is 2.58 bits per heavy atom. The number of fused-ring (bicyclic) bond motifs is 1. The van der Waals surface area contributed by atoms with Crippen LogP contribution in [0.5, 0.6) is 5.75 Å².